The van der Waals surface area contributed by atoms with Gasteiger partial charge in [-0.05, 0) is 30.9 Å². The zero-order valence-corrected chi connectivity index (χ0v) is 12.9. The van der Waals surface area contributed by atoms with Gasteiger partial charge in [-0.1, -0.05) is 43.0 Å². The van der Waals surface area contributed by atoms with Crippen LogP contribution in [0.1, 0.15) is 32.1 Å². The molecule has 0 saturated heterocycles. The normalized spacial score (nSPS) is 17.2. The zero-order valence-electron chi connectivity index (χ0n) is 12.2. The van der Waals surface area contributed by atoms with E-state index < -0.39 is 0 Å². The van der Waals surface area contributed by atoms with Crippen molar-refractivity contribution in [1.29, 1.82) is 0 Å². The summed E-state index contributed by atoms with van der Waals surface area (Å²) < 4.78 is 5.45. The van der Waals surface area contributed by atoms with E-state index in [-0.39, 0.29) is 18.6 Å². The Morgan fingerprint density at radius 2 is 2.05 bits per heavy atom. The third-order valence-electron chi connectivity index (χ3n) is 4.01. The van der Waals surface area contributed by atoms with Gasteiger partial charge in [0.15, 0.2) is 6.61 Å². The van der Waals surface area contributed by atoms with Gasteiger partial charge in [0.05, 0.1) is 5.02 Å². The first-order valence-electron chi connectivity index (χ1n) is 7.57. The van der Waals surface area contributed by atoms with Crippen LogP contribution >= 0.6 is 11.6 Å². The smallest absolute Gasteiger partial charge is 0.258 e. The number of rotatable bonds is 6. The topological polar surface area (TPSA) is 64.3 Å². The van der Waals surface area contributed by atoms with Crippen molar-refractivity contribution in [3.8, 4) is 5.75 Å². The van der Waals surface area contributed by atoms with E-state index >= 15 is 0 Å². The summed E-state index contributed by atoms with van der Waals surface area (Å²) in [4.78, 5) is 12.0. The molecule has 1 aromatic carbocycles. The molecule has 1 aliphatic rings. The first-order valence-corrected chi connectivity index (χ1v) is 7.95. The van der Waals surface area contributed by atoms with Crippen LogP contribution in [0.5, 0.6) is 5.75 Å². The van der Waals surface area contributed by atoms with E-state index in [4.69, 9.17) is 22.1 Å². The second kappa shape index (κ2) is 8.25. The van der Waals surface area contributed by atoms with Crippen molar-refractivity contribution >= 4 is 17.5 Å². The zero-order chi connectivity index (χ0) is 15.1. The molecule has 1 aliphatic carbocycles. The molecule has 4 nitrogen and oxygen atoms in total. The van der Waals surface area contributed by atoms with E-state index in [1.165, 1.54) is 19.3 Å². The summed E-state index contributed by atoms with van der Waals surface area (Å²) in [5.41, 5.74) is 5.81. The highest BCUT2D eigenvalue weighted by atomic mass is 35.5. The minimum Gasteiger partial charge on any atom is -0.482 e. The number of nitrogens with one attached hydrogen (secondary N) is 1. The molecule has 5 heteroatoms. The van der Waals surface area contributed by atoms with Crippen LogP contribution in [0.4, 0.5) is 0 Å². The predicted octanol–water partition coefficient (Wildman–Crippen LogP) is 2.74. The summed E-state index contributed by atoms with van der Waals surface area (Å²) in [6.45, 7) is 0.440. The van der Waals surface area contributed by atoms with Crippen molar-refractivity contribution < 1.29 is 9.53 Å². The first-order chi connectivity index (χ1) is 10.2. The van der Waals surface area contributed by atoms with Crippen molar-refractivity contribution in [1.82, 2.24) is 5.32 Å². The number of hydrogen-bond donors (Lipinski definition) is 2. The lowest BCUT2D eigenvalue weighted by atomic mass is 9.84. The number of hydrogen-bond acceptors (Lipinski definition) is 3. The lowest BCUT2D eigenvalue weighted by Crippen LogP contribution is -2.47. The Balaban J connectivity index is 1.81. The molecule has 0 aromatic heterocycles. The van der Waals surface area contributed by atoms with Crippen molar-refractivity contribution in [2.45, 2.75) is 38.1 Å². The minimum absolute atomic E-state index is 0.0348. The second-order valence-electron chi connectivity index (χ2n) is 5.53. The molecule has 0 heterocycles. The summed E-state index contributed by atoms with van der Waals surface area (Å²) in [5.74, 6) is 0.875. The van der Waals surface area contributed by atoms with E-state index in [1.54, 1.807) is 12.1 Å². The quantitative estimate of drug-likeness (QED) is 0.849. The number of nitrogens with two attached hydrogens (primary N) is 1. The standard InChI is InChI=1S/C16H23ClN2O2/c17-13-8-4-5-9-15(13)21-11-16(20)19-14(10-18)12-6-2-1-3-7-12/h4-5,8-9,12,14H,1-3,6-7,10-11,18H2,(H,19,20). The molecular formula is C16H23ClN2O2. The molecular weight excluding hydrogens is 288 g/mol. The molecule has 0 bridgehead atoms. The van der Waals surface area contributed by atoms with Crippen LogP contribution in [0.3, 0.4) is 0 Å². The number of amides is 1. The minimum atomic E-state index is -0.143. The van der Waals surface area contributed by atoms with Crippen molar-refractivity contribution in [3.05, 3.63) is 29.3 Å². The van der Waals surface area contributed by atoms with Crippen LogP contribution in [-0.4, -0.2) is 25.1 Å². The Bertz CT molecular complexity index is 461. The summed E-state index contributed by atoms with van der Waals surface area (Å²) in [7, 11) is 0. The van der Waals surface area contributed by atoms with Gasteiger partial charge >= 0.3 is 0 Å². The van der Waals surface area contributed by atoms with E-state index in [9.17, 15) is 4.79 Å². The number of carbonyl (C=O) groups excluding carboxylic acids is 1. The third-order valence-corrected chi connectivity index (χ3v) is 4.33. The molecule has 1 saturated carbocycles. The van der Waals surface area contributed by atoms with Crippen LogP contribution in [0, 0.1) is 5.92 Å². The third kappa shape index (κ3) is 4.90. The Morgan fingerprint density at radius 1 is 1.33 bits per heavy atom. The van der Waals surface area contributed by atoms with Crippen LogP contribution in [0.25, 0.3) is 0 Å². The van der Waals surface area contributed by atoms with Gasteiger partial charge in [-0.15, -0.1) is 0 Å². The van der Waals surface area contributed by atoms with Gasteiger partial charge in [0, 0.05) is 12.6 Å². The van der Waals surface area contributed by atoms with Crippen molar-refractivity contribution in [2.75, 3.05) is 13.2 Å². The Hall–Kier alpha value is -1.26. The molecule has 116 valence electrons. The second-order valence-corrected chi connectivity index (χ2v) is 5.93. The number of para-hydroxylation sites is 1. The van der Waals surface area contributed by atoms with Crippen molar-refractivity contribution in [3.63, 3.8) is 0 Å². The van der Waals surface area contributed by atoms with Crippen LogP contribution in [0.15, 0.2) is 24.3 Å². The molecule has 1 fully saturated rings. The van der Waals surface area contributed by atoms with Gasteiger partial charge in [0.2, 0.25) is 0 Å². The molecule has 1 amide bonds. The molecule has 2 rings (SSSR count). The van der Waals surface area contributed by atoms with Crippen LogP contribution in [-0.2, 0) is 4.79 Å². The van der Waals surface area contributed by atoms with Gasteiger partial charge in [-0.25, -0.2) is 0 Å². The molecule has 0 spiro atoms. The summed E-state index contributed by atoms with van der Waals surface area (Å²) in [6, 6.07) is 7.18. The Labute approximate surface area is 131 Å². The van der Waals surface area contributed by atoms with E-state index in [0.29, 0.717) is 23.2 Å². The van der Waals surface area contributed by atoms with Crippen LogP contribution in [0.2, 0.25) is 5.02 Å². The van der Waals surface area contributed by atoms with Crippen LogP contribution < -0.4 is 15.8 Å². The van der Waals surface area contributed by atoms with E-state index in [2.05, 4.69) is 5.32 Å². The fourth-order valence-corrected chi connectivity index (χ4v) is 3.05. The number of ether oxygens (including phenoxy) is 1. The van der Waals surface area contributed by atoms with Gasteiger partial charge in [0.1, 0.15) is 5.75 Å². The lowest BCUT2D eigenvalue weighted by molar-refractivity contribution is -0.124. The highest BCUT2D eigenvalue weighted by Gasteiger charge is 2.24. The predicted molar refractivity (Wildman–Crippen MR) is 84.5 cm³/mol. The molecule has 0 aliphatic heterocycles. The fourth-order valence-electron chi connectivity index (χ4n) is 2.86. The molecule has 1 aromatic rings. The summed E-state index contributed by atoms with van der Waals surface area (Å²) in [6.07, 6.45) is 6.04. The Kier molecular flexibility index (Phi) is 6.33. The van der Waals surface area contributed by atoms with E-state index in [0.717, 1.165) is 12.8 Å². The molecule has 3 N–H and O–H groups in total. The number of carbonyl (C=O) groups is 1. The SMILES string of the molecule is NCC(NC(=O)COc1ccccc1Cl)C1CCCCC1. The number of benzene rings is 1. The van der Waals surface area contributed by atoms with E-state index in [1.807, 2.05) is 12.1 Å². The first kappa shape index (κ1) is 16.1. The Morgan fingerprint density at radius 3 is 2.71 bits per heavy atom. The molecule has 1 atom stereocenters. The molecule has 1 unspecified atom stereocenters. The maximum absolute atomic E-state index is 12.0. The van der Waals surface area contributed by atoms with Gasteiger partial charge in [-0.3, -0.25) is 4.79 Å². The van der Waals surface area contributed by atoms with Gasteiger partial charge < -0.3 is 15.8 Å². The van der Waals surface area contributed by atoms with Crippen molar-refractivity contribution in [2.24, 2.45) is 11.7 Å². The lowest BCUT2D eigenvalue weighted by Gasteiger charge is -2.30. The highest BCUT2D eigenvalue weighted by molar-refractivity contribution is 6.32. The van der Waals surface area contributed by atoms with Gasteiger partial charge in [-0.2, -0.15) is 0 Å². The average Bonchev–Trinajstić information content (AvgIpc) is 2.52. The fraction of sp³-hybridized carbons (Fsp3) is 0.562. The summed E-state index contributed by atoms with van der Waals surface area (Å²) in [5, 5.41) is 3.50. The highest BCUT2D eigenvalue weighted by Crippen LogP contribution is 2.26. The largest absolute Gasteiger partial charge is 0.482 e. The maximum atomic E-state index is 12.0. The maximum Gasteiger partial charge on any atom is 0.258 e. The molecule has 21 heavy (non-hydrogen) atoms. The monoisotopic (exact) mass is 310 g/mol. The van der Waals surface area contributed by atoms with Gasteiger partial charge in [0.25, 0.3) is 5.91 Å². The molecule has 0 radical (unpaired) electrons. The number of halogens is 1. The summed E-state index contributed by atoms with van der Waals surface area (Å²) >= 11 is 5.99. The average molecular weight is 311 g/mol.